The Morgan fingerprint density at radius 2 is 1.73 bits per heavy atom. The minimum Gasteiger partial charge on any atom is -0.368 e. The van der Waals surface area contributed by atoms with E-state index in [0.717, 1.165) is 50.3 Å². The Kier molecular flexibility index (Phi) is 8.66. The molecule has 30 heavy (non-hydrogen) atoms. The number of aliphatic imine (C=N–C) groups is 1. The molecule has 2 aliphatic heterocycles. The first-order chi connectivity index (χ1) is 14.5. The van der Waals surface area contributed by atoms with Gasteiger partial charge in [0, 0.05) is 83.2 Å². The molecule has 1 aromatic carbocycles. The van der Waals surface area contributed by atoms with Crippen LogP contribution in [-0.4, -0.2) is 99.7 Å². The minimum atomic E-state index is 0.602. The molecule has 0 saturated carbocycles. The number of guanidine groups is 1. The Bertz CT molecular complexity index is 693. The van der Waals surface area contributed by atoms with Crippen LogP contribution in [0.4, 0.5) is 5.69 Å². The summed E-state index contributed by atoms with van der Waals surface area (Å²) in [6.07, 6.45) is 0. The van der Waals surface area contributed by atoms with E-state index in [1.807, 2.05) is 13.1 Å². The first-order valence-corrected chi connectivity index (χ1v) is 11.8. The van der Waals surface area contributed by atoms with Crippen molar-refractivity contribution >= 4 is 23.2 Å². The Balaban J connectivity index is 1.43. The minimum absolute atomic E-state index is 0.602. The summed E-state index contributed by atoms with van der Waals surface area (Å²) in [5.74, 6) is 1.63. The fourth-order valence-corrected chi connectivity index (χ4v) is 4.64. The molecule has 2 heterocycles. The molecular formula is C23H39ClN6. The lowest BCUT2D eigenvalue weighted by Gasteiger charge is -2.39. The molecular weight excluding hydrogens is 396 g/mol. The lowest BCUT2D eigenvalue weighted by Crippen LogP contribution is -2.53. The summed E-state index contributed by atoms with van der Waals surface area (Å²) in [5, 5.41) is 4.43. The van der Waals surface area contributed by atoms with Gasteiger partial charge in [0.1, 0.15) is 0 Å². The maximum atomic E-state index is 6.22. The normalized spacial score (nSPS) is 20.5. The molecule has 3 rings (SSSR count). The van der Waals surface area contributed by atoms with Crippen molar-refractivity contribution in [2.24, 2.45) is 10.9 Å². The number of benzene rings is 1. The molecule has 0 amide bonds. The van der Waals surface area contributed by atoms with Crippen LogP contribution in [0.2, 0.25) is 5.02 Å². The van der Waals surface area contributed by atoms with Crippen LogP contribution < -0.4 is 10.2 Å². The number of halogens is 1. The number of rotatable bonds is 6. The Hall–Kier alpha value is -1.50. The molecule has 168 valence electrons. The van der Waals surface area contributed by atoms with Crippen molar-refractivity contribution in [2.75, 3.05) is 83.9 Å². The summed E-state index contributed by atoms with van der Waals surface area (Å²) in [6, 6.07) is 6.16. The highest BCUT2D eigenvalue weighted by atomic mass is 35.5. The van der Waals surface area contributed by atoms with Gasteiger partial charge in [-0.15, -0.1) is 0 Å². The molecule has 6 nitrogen and oxygen atoms in total. The lowest BCUT2D eigenvalue weighted by atomic mass is 10.1. The topological polar surface area (TPSA) is 37.4 Å². The lowest BCUT2D eigenvalue weighted by molar-refractivity contribution is 0.124. The maximum absolute atomic E-state index is 6.22. The zero-order valence-electron chi connectivity index (χ0n) is 19.2. The highest BCUT2D eigenvalue weighted by molar-refractivity contribution is 6.30. The molecule has 1 N–H and O–H groups in total. The fraction of sp³-hybridized carbons (Fsp3) is 0.696. The molecule has 1 atom stereocenters. The molecule has 2 saturated heterocycles. The largest absolute Gasteiger partial charge is 0.368 e. The van der Waals surface area contributed by atoms with Gasteiger partial charge >= 0.3 is 0 Å². The average Bonchev–Trinajstić information content (AvgIpc) is 2.77. The number of nitrogens with one attached hydrogen (secondary N) is 1. The first-order valence-electron chi connectivity index (χ1n) is 11.4. The van der Waals surface area contributed by atoms with E-state index < -0.39 is 0 Å². The van der Waals surface area contributed by atoms with E-state index in [9.17, 15) is 0 Å². The van der Waals surface area contributed by atoms with E-state index in [1.165, 1.54) is 44.0 Å². The molecule has 2 aliphatic rings. The van der Waals surface area contributed by atoms with E-state index in [-0.39, 0.29) is 0 Å². The van der Waals surface area contributed by atoms with Crippen LogP contribution in [0.25, 0.3) is 0 Å². The van der Waals surface area contributed by atoms with Crippen molar-refractivity contribution in [3.63, 3.8) is 0 Å². The molecule has 1 unspecified atom stereocenters. The molecule has 0 bridgehead atoms. The third kappa shape index (κ3) is 6.25. The zero-order chi connectivity index (χ0) is 21.5. The number of hydrogen-bond acceptors (Lipinski definition) is 4. The second-order valence-electron chi connectivity index (χ2n) is 8.67. The van der Waals surface area contributed by atoms with Gasteiger partial charge in [0.05, 0.1) is 0 Å². The zero-order valence-corrected chi connectivity index (χ0v) is 20.0. The average molecular weight is 435 g/mol. The predicted molar refractivity (Wildman–Crippen MR) is 129 cm³/mol. The molecule has 1 aromatic rings. The van der Waals surface area contributed by atoms with Crippen LogP contribution in [0, 0.1) is 12.8 Å². The second kappa shape index (κ2) is 11.2. The van der Waals surface area contributed by atoms with Crippen LogP contribution in [0.1, 0.15) is 19.4 Å². The molecule has 7 heteroatoms. The molecule has 0 radical (unpaired) electrons. The maximum Gasteiger partial charge on any atom is 0.193 e. The summed E-state index contributed by atoms with van der Waals surface area (Å²) in [5.41, 5.74) is 2.53. The molecule has 0 aromatic heterocycles. The van der Waals surface area contributed by atoms with Crippen LogP contribution in [0.3, 0.4) is 0 Å². The van der Waals surface area contributed by atoms with Crippen LogP contribution in [0.5, 0.6) is 0 Å². The van der Waals surface area contributed by atoms with Gasteiger partial charge < -0.3 is 24.9 Å². The van der Waals surface area contributed by atoms with E-state index in [1.54, 1.807) is 0 Å². The van der Waals surface area contributed by atoms with Gasteiger partial charge in [-0.1, -0.05) is 31.5 Å². The smallest absolute Gasteiger partial charge is 0.193 e. The number of anilines is 1. The van der Waals surface area contributed by atoms with Gasteiger partial charge in [-0.25, -0.2) is 0 Å². The number of aryl methyl sites for hydroxylation is 1. The van der Waals surface area contributed by atoms with Crippen LogP contribution >= 0.6 is 11.6 Å². The molecule has 2 fully saturated rings. The number of nitrogens with zero attached hydrogens (tertiary/aromatic N) is 5. The number of piperazine rings is 2. The van der Waals surface area contributed by atoms with Crippen LogP contribution in [-0.2, 0) is 0 Å². The third-order valence-electron chi connectivity index (χ3n) is 6.39. The van der Waals surface area contributed by atoms with Crippen molar-refractivity contribution in [3.05, 3.63) is 28.8 Å². The Labute approximate surface area is 187 Å². The van der Waals surface area contributed by atoms with Gasteiger partial charge in [0.25, 0.3) is 0 Å². The Morgan fingerprint density at radius 1 is 1.07 bits per heavy atom. The standard InChI is InChI=1S/C23H39ClN6/c1-5-27-8-10-28(11-9-27)18-19(2)17-26-23(25-4)30-14-12-29(13-15-30)22-16-21(24)7-6-20(22)3/h6-7,16,19H,5,8-15,17-18H2,1-4H3,(H,25,26). The van der Waals surface area contributed by atoms with Gasteiger partial charge in [-0.3, -0.25) is 4.99 Å². The third-order valence-corrected chi connectivity index (χ3v) is 6.63. The number of hydrogen-bond donors (Lipinski definition) is 1. The fourth-order valence-electron chi connectivity index (χ4n) is 4.47. The van der Waals surface area contributed by atoms with Gasteiger partial charge in [-0.05, 0) is 37.1 Å². The van der Waals surface area contributed by atoms with Crippen molar-refractivity contribution < 1.29 is 0 Å². The van der Waals surface area contributed by atoms with Crippen molar-refractivity contribution in [2.45, 2.75) is 20.8 Å². The van der Waals surface area contributed by atoms with Crippen molar-refractivity contribution in [3.8, 4) is 0 Å². The highest BCUT2D eigenvalue weighted by Crippen LogP contribution is 2.25. The van der Waals surface area contributed by atoms with E-state index in [2.05, 4.69) is 62.8 Å². The highest BCUT2D eigenvalue weighted by Gasteiger charge is 2.22. The van der Waals surface area contributed by atoms with Crippen molar-refractivity contribution in [1.82, 2.24) is 20.0 Å². The SMILES string of the molecule is CCN1CCN(CC(C)CNC(=NC)N2CCN(c3cc(Cl)ccc3C)CC2)CC1. The van der Waals surface area contributed by atoms with Crippen molar-refractivity contribution in [1.29, 1.82) is 0 Å². The summed E-state index contributed by atoms with van der Waals surface area (Å²) < 4.78 is 0. The summed E-state index contributed by atoms with van der Waals surface area (Å²) >= 11 is 6.22. The molecule has 0 aliphatic carbocycles. The monoisotopic (exact) mass is 434 g/mol. The van der Waals surface area contributed by atoms with E-state index >= 15 is 0 Å². The molecule has 0 spiro atoms. The Morgan fingerprint density at radius 3 is 2.37 bits per heavy atom. The summed E-state index contributed by atoms with van der Waals surface area (Å²) in [4.78, 5) is 14.5. The summed E-state index contributed by atoms with van der Waals surface area (Å²) in [6.45, 7) is 18.7. The van der Waals surface area contributed by atoms with E-state index in [0.29, 0.717) is 5.92 Å². The van der Waals surface area contributed by atoms with Gasteiger partial charge in [0.15, 0.2) is 5.96 Å². The summed E-state index contributed by atoms with van der Waals surface area (Å²) in [7, 11) is 1.89. The van der Waals surface area contributed by atoms with Gasteiger partial charge in [0.2, 0.25) is 0 Å². The second-order valence-corrected chi connectivity index (χ2v) is 9.11. The van der Waals surface area contributed by atoms with Crippen LogP contribution in [0.15, 0.2) is 23.2 Å². The number of likely N-dealkylation sites (N-methyl/N-ethyl adjacent to an activating group) is 1. The first kappa shape index (κ1) is 23.2. The van der Waals surface area contributed by atoms with Gasteiger partial charge in [-0.2, -0.15) is 0 Å². The van der Waals surface area contributed by atoms with E-state index in [4.69, 9.17) is 11.6 Å². The predicted octanol–water partition coefficient (Wildman–Crippen LogP) is 2.62. The quantitative estimate of drug-likeness (QED) is 0.550.